The molecule has 1 aliphatic carbocycles. The molecule has 0 unspecified atom stereocenters. The van der Waals surface area contributed by atoms with Gasteiger partial charge in [0.05, 0.1) is 0 Å². The zero-order valence-corrected chi connectivity index (χ0v) is 19.0. The Bertz CT molecular complexity index is 991. The molecule has 1 aromatic carbocycles. The Morgan fingerprint density at radius 3 is 2.35 bits per heavy atom. The fourth-order valence-corrected chi connectivity index (χ4v) is 4.22. The minimum atomic E-state index is -0.421. The highest BCUT2D eigenvalue weighted by Gasteiger charge is 2.33. The van der Waals surface area contributed by atoms with Gasteiger partial charge in [-0.2, -0.15) is 0 Å². The largest absolute Gasteiger partial charge is 0.333 e. The maximum Gasteiger partial charge on any atom is 0.261 e. The summed E-state index contributed by atoms with van der Waals surface area (Å²) in [4.78, 5) is 45.8. The van der Waals surface area contributed by atoms with Crippen molar-refractivity contribution in [1.29, 1.82) is 0 Å². The van der Waals surface area contributed by atoms with Crippen molar-refractivity contribution in [1.82, 2.24) is 14.8 Å². The van der Waals surface area contributed by atoms with Crippen molar-refractivity contribution < 1.29 is 9.59 Å². The van der Waals surface area contributed by atoms with Gasteiger partial charge in [-0.3, -0.25) is 14.4 Å². The molecule has 166 valence electrons. The van der Waals surface area contributed by atoms with E-state index in [4.69, 9.17) is 0 Å². The van der Waals surface area contributed by atoms with Gasteiger partial charge in [0.1, 0.15) is 5.56 Å². The quantitative estimate of drug-likeness (QED) is 0.705. The van der Waals surface area contributed by atoms with Crippen LogP contribution in [0.15, 0.2) is 41.2 Å². The average molecular weight is 424 g/mol. The topological polar surface area (TPSA) is 73.5 Å². The zero-order valence-electron chi connectivity index (χ0n) is 19.0. The van der Waals surface area contributed by atoms with Crippen LogP contribution in [0.3, 0.4) is 0 Å². The molecule has 0 radical (unpaired) electrons. The van der Waals surface area contributed by atoms with E-state index >= 15 is 0 Å². The Hall–Kier alpha value is -2.73. The molecule has 0 atom stereocenters. The standard InChI is InChI=1S/C25H33N3O3/c1-5-27(6-2)12-13-28(17-18-10-8-7-9-11-18)24(31)20-14-19-21(26-23(20)30)15-25(3,4)16-22(19)29/h7-11,14H,5-6,12-13,15-17H2,1-4H3,(H,26,30). The summed E-state index contributed by atoms with van der Waals surface area (Å²) in [6.45, 7) is 11.6. The molecule has 1 amide bonds. The van der Waals surface area contributed by atoms with Crippen LogP contribution in [-0.2, 0) is 13.0 Å². The predicted molar refractivity (Wildman–Crippen MR) is 122 cm³/mol. The van der Waals surface area contributed by atoms with Crippen molar-refractivity contribution >= 4 is 11.7 Å². The number of nitrogens with zero attached hydrogens (tertiary/aromatic N) is 2. The molecule has 0 aliphatic heterocycles. The number of Topliss-reactive ketones (excluding diaryl/α,β-unsaturated/α-hetero) is 1. The highest BCUT2D eigenvalue weighted by Crippen LogP contribution is 2.33. The number of rotatable bonds is 8. The van der Waals surface area contributed by atoms with Crippen molar-refractivity contribution in [3.05, 3.63) is 69.1 Å². The van der Waals surface area contributed by atoms with Gasteiger partial charge in [0.25, 0.3) is 11.5 Å². The third kappa shape index (κ3) is 5.50. The fraction of sp³-hybridized carbons (Fsp3) is 0.480. The number of hydrogen-bond donors (Lipinski definition) is 1. The second kappa shape index (κ2) is 9.60. The molecule has 1 aromatic heterocycles. The lowest BCUT2D eigenvalue weighted by molar-refractivity contribution is 0.0722. The summed E-state index contributed by atoms with van der Waals surface area (Å²) < 4.78 is 0. The first-order valence-corrected chi connectivity index (χ1v) is 11.1. The molecule has 1 heterocycles. The van der Waals surface area contributed by atoms with E-state index < -0.39 is 5.56 Å². The Morgan fingerprint density at radius 2 is 1.71 bits per heavy atom. The van der Waals surface area contributed by atoms with Crippen LogP contribution >= 0.6 is 0 Å². The summed E-state index contributed by atoms with van der Waals surface area (Å²) in [5.74, 6) is -0.355. The minimum absolute atomic E-state index is 0.0192. The number of benzene rings is 1. The van der Waals surface area contributed by atoms with Gasteiger partial charge in [0.2, 0.25) is 0 Å². The van der Waals surface area contributed by atoms with E-state index in [1.165, 1.54) is 6.07 Å². The number of aromatic amines is 1. The number of ketones is 1. The van der Waals surface area contributed by atoms with Gasteiger partial charge in [0, 0.05) is 37.3 Å². The van der Waals surface area contributed by atoms with Gasteiger partial charge in [0.15, 0.2) is 5.78 Å². The molecule has 0 fully saturated rings. The summed E-state index contributed by atoms with van der Waals surface area (Å²) in [6, 6.07) is 11.3. The lowest BCUT2D eigenvalue weighted by Gasteiger charge is -2.30. The minimum Gasteiger partial charge on any atom is -0.333 e. The lowest BCUT2D eigenvalue weighted by atomic mass is 9.75. The summed E-state index contributed by atoms with van der Waals surface area (Å²) in [5.41, 5.74) is 1.55. The van der Waals surface area contributed by atoms with Gasteiger partial charge in [-0.25, -0.2) is 0 Å². The van der Waals surface area contributed by atoms with Gasteiger partial charge in [-0.1, -0.05) is 58.0 Å². The second-order valence-corrected chi connectivity index (χ2v) is 9.08. The van der Waals surface area contributed by atoms with E-state index in [1.54, 1.807) is 4.90 Å². The Kier molecular flexibility index (Phi) is 7.11. The van der Waals surface area contributed by atoms with E-state index in [1.807, 2.05) is 44.2 Å². The number of aromatic nitrogens is 1. The maximum absolute atomic E-state index is 13.5. The SMILES string of the molecule is CCN(CC)CCN(Cc1ccccc1)C(=O)c1cc2c([nH]c1=O)CC(C)(C)CC2=O. The summed E-state index contributed by atoms with van der Waals surface area (Å²) in [5, 5.41) is 0. The molecule has 0 bridgehead atoms. The first-order valence-electron chi connectivity index (χ1n) is 11.1. The number of carbonyl (C=O) groups excluding carboxylic acids is 2. The molecule has 1 aliphatic rings. The zero-order chi connectivity index (χ0) is 22.6. The van der Waals surface area contributed by atoms with E-state index in [0.717, 1.165) is 25.2 Å². The number of hydrogen-bond acceptors (Lipinski definition) is 4. The summed E-state index contributed by atoms with van der Waals surface area (Å²) >= 11 is 0. The second-order valence-electron chi connectivity index (χ2n) is 9.08. The van der Waals surface area contributed by atoms with Crippen molar-refractivity contribution in [3.8, 4) is 0 Å². The molecule has 0 saturated carbocycles. The maximum atomic E-state index is 13.5. The number of amides is 1. The molecule has 6 heteroatoms. The van der Waals surface area contributed by atoms with Gasteiger partial charge in [-0.05, 0) is 36.6 Å². The molecule has 0 spiro atoms. The number of nitrogens with one attached hydrogen (secondary N) is 1. The Morgan fingerprint density at radius 1 is 1.03 bits per heavy atom. The molecular weight excluding hydrogens is 390 g/mol. The highest BCUT2D eigenvalue weighted by molar-refractivity contribution is 6.02. The van der Waals surface area contributed by atoms with Crippen LogP contribution in [0.1, 0.15) is 66.1 Å². The predicted octanol–water partition coefficient (Wildman–Crippen LogP) is 3.51. The Balaban J connectivity index is 1.92. The summed E-state index contributed by atoms with van der Waals surface area (Å²) in [6.07, 6.45) is 1.03. The first-order chi connectivity index (χ1) is 14.7. The third-order valence-corrected chi connectivity index (χ3v) is 6.03. The summed E-state index contributed by atoms with van der Waals surface area (Å²) in [7, 11) is 0. The highest BCUT2D eigenvalue weighted by atomic mass is 16.2. The van der Waals surface area contributed by atoms with Crippen molar-refractivity contribution in [3.63, 3.8) is 0 Å². The van der Waals surface area contributed by atoms with Crippen LogP contribution < -0.4 is 5.56 Å². The molecule has 6 nitrogen and oxygen atoms in total. The van der Waals surface area contributed by atoms with Gasteiger partial charge in [-0.15, -0.1) is 0 Å². The number of fused-ring (bicyclic) bond motifs is 1. The normalized spacial score (nSPS) is 15.1. The molecule has 31 heavy (non-hydrogen) atoms. The van der Waals surface area contributed by atoms with Crippen LogP contribution in [0.25, 0.3) is 0 Å². The monoisotopic (exact) mass is 423 g/mol. The molecule has 0 saturated heterocycles. The number of likely N-dealkylation sites (N-methyl/N-ethyl adjacent to an activating group) is 1. The molecule has 2 aromatic rings. The molecule has 3 rings (SSSR count). The van der Waals surface area contributed by atoms with Crippen LogP contribution in [0.5, 0.6) is 0 Å². The van der Waals surface area contributed by atoms with Crippen LogP contribution in [0.4, 0.5) is 0 Å². The third-order valence-electron chi connectivity index (χ3n) is 6.03. The van der Waals surface area contributed by atoms with Crippen LogP contribution in [0, 0.1) is 5.41 Å². The smallest absolute Gasteiger partial charge is 0.261 e. The van der Waals surface area contributed by atoms with Crippen LogP contribution in [-0.4, -0.2) is 52.7 Å². The van der Waals surface area contributed by atoms with Crippen molar-refractivity contribution in [2.24, 2.45) is 5.41 Å². The van der Waals surface area contributed by atoms with E-state index in [-0.39, 0.29) is 22.7 Å². The molecule has 1 N–H and O–H groups in total. The Labute approximate surface area is 184 Å². The van der Waals surface area contributed by atoms with Crippen molar-refractivity contribution in [2.45, 2.75) is 47.1 Å². The van der Waals surface area contributed by atoms with E-state index in [2.05, 4.69) is 23.7 Å². The van der Waals surface area contributed by atoms with Crippen molar-refractivity contribution in [2.75, 3.05) is 26.2 Å². The van der Waals surface area contributed by atoms with Gasteiger partial charge >= 0.3 is 0 Å². The first kappa shape index (κ1) is 22.9. The van der Waals surface area contributed by atoms with E-state index in [9.17, 15) is 14.4 Å². The van der Waals surface area contributed by atoms with Crippen LogP contribution in [0.2, 0.25) is 0 Å². The number of H-pyrrole nitrogens is 1. The average Bonchev–Trinajstić information content (AvgIpc) is 2.72. The van der Waals surface area contributed by atoms with E-state index in [0.29, 0.717) is 37.2 Å². The number of carbonyl (C=O) groups is 2. The lowest BCUT2D eigenvalue weighted by Crippen LogP contribution is -2.41. The van der Waals surface area contributed by atoms with Gasteiger partial charge < -0.3 is 14.8 Å². The number of pyridine rings is 1. The fourth-order valence-electron chi connectivity index (χ4n) is 4.22. The molecular formula is C25H33N3O3.